The largest absolute Gasteiger partial charge is 0.396 e. The predicted octanol–water partition coefficient (Wildman–Crippen LogP) is 1.76. The Bertz CT molecular complexity index is 719. The van der Waals surface area contributed by atoms with Crippen molar-refractivity contribution < 1.29 is 14.7 Å². The van der Waals surface area contributed by atoms with Crippen LogP contribution in [0.1, 0.15) is 64.8 Å². The molecule has 1 saturated heterocycles. The van der Waals surface area contributed by atoms with Gasteiger partial charge in [0.15, 0.2) is 0 Å². The third-order valence-electron chi connectivity index (χ3n) is 6.76. The minimum atomic E-state index is -0.532. The monoisotopic (exact) mass is 371 g/mol. The van der Waals surface area contributed by atoms with Crippen molar-refractivity contribution >= 4 is 11.8 Å². The van der Waals surface area contributed by atoms with Crippen LogP contribution in [-0.2, 0) is 6.54 Å². The van der Waals surface area contributed by atoms with Gasteiger partial charge < -0.3 is 20.6 Å². The fourth-order valence-electron chi connectivity index (χ4n) is 5.14. The minimum Gasteiger partial charge on any atom is -0.396 e. The molecule has 0 spiro atoms. The Morgan fingerprint density at radius 2 is 1.78 bits per heavy atom. The van der Waals surface area contributed by atoms with Gasteiger partial charge in [0.1, 0.15) is 0 Å². The third-order valence-corrected chi connectivity index (χ3v) is 6.76. The summed E-state index contributed by atoms with van der Waals surface area (Å²) in [5.41, 5.74) is 7.23. The second-order valence-electron chi connectivity index (χ2n) is 8.26. The number of benzene rings is 1. The number of primary amides is 1. The van der Waals surface area contributed by atoms with Crippen LogP contribution < -0.4 is 5.73 Å². The summed E-state index contributed by atoms with van der Waals surface area (Å²) < 4.78 is 0. The maximum Gasteiger partial charge on any atom is 0.255 e. The number of nitrogens with two attached hydrogens (primary N) is 1. The van der Waals surface area contributed by atoms with E-state index in [1.165, 1.54) is 12.8 Å². The highest BCUT2D eigenvalue weighted by atomic mass is 16.3. The molecule has 2 amide bonds. The number of fused-ring (bicyclic) bond motifs is 1. The van der Waals surface area contributed by atoms with E-state index in [4.69, 9.17) is 5.73 Å². The van der Waals surface area contributed by atoms with Crippen molar-refractivity contribution in [2.45, 2.75) is 57.2 Å². The summed E-state index contributed by atoms with van der Waals surface area (Å²) in [4.78, 5) is 29.2. The molecule has 146 valence electrons. The second kappa shape index (κ2) is 7.60. The number of amides is 2. The van der Waals surface area contributed by atoms with E-state index in [2.05, 4.69) is 4.90 Å². The van der Waals surface area contributed by atoms with E-state index in [0.29, 0.717) is 36.2 Å². The Hall–Kier alpha value is -1.92. The number of hydrogen-bond acceptors (Lipinski definition) is 4. The van der Waals surface area contributed by atoms with Gasteiger partial charge in [0.25, 0.3) is 5.91 Å². The smallest absolute Gasteiger partial charge is 0.255 e. The van der Waals surface area contributed by atoms with Crippen LogP contribution in [0.2, 0.25) is 0 Å². The second-order valence-corrected chi connectivity index (χ2v) is 8.26. The minimum absolute atomic E-state index is 0.0405. The van der Waals surface area contributed by atoms with Crippen molar-refractivity contribution in [1.29, 1.82) is 0 Å². The van der Waals surface area contributed by atoms with E-state index in [9.17, 15) is 14.7 Å². The first-order valence-electron chi connectivity index (χ1n) is 10.2. The zero-order valence-electron chi connectivity index (χ0n) is 15.8. The van der Waals surface area contributed by atoms with Crippen molar-refractivity contribution in [2.24, 2.45) is 11.7 Å². The molecule has 6 nitrogen and oxygen atoms in total. The van der Waals surface area contributed by atoms with Gasteiger partial charge in [-0.25, -0.2) is 0 Å². The summed E-state index contributed by atoms with van der Waals surface area (Å²) in [6.45, 7) is 2.94. The first-order chi connectivity index (χ1) is 13.1. The Morgan fingerprint density at radius 3 is 2.41 bits per heavy atom. The molecule has 6 heteroatoms. The topological polar surface area (TPSA) is 86.9 Å². The molecular weight excluding hydrogens is 342 g/mol. The number of rotatable bonds is 4. The maximum absolute atomic E-state index is 13.0. The van der Waals surface area contributed by atoms with Gasteiger partial charge in [0, 0.05) is 38.3 Å². The van der Waals surface area contributed by atoms with E-state index >= 15 is 0 Å². The maximum atomic E-state index is 13.0. The van der Waals surface area contributed by atoms with E-state index in [1.54, 1.807) is 12.1 Å². The summed E-state index contributed by atoms with van der Waals surface area (Å²) in [6.07, 6.45) is 6.54. The quantitative estimate of drug-likeness (QED) is 0.844. The molecule has 2 fully saturated rings. The number of carbonyl (C=O) groups excluding carboxylic acids is 2. The van der Waals surface area contributed by atoms with Crippen LogP contribution >= 0.6 is 0 Å². The van der Waals surface area contributed by atoms with Gasteiger partial charge in [-0.2, -0.15) is 0 Å². The van der Waals surface area contributed by atoms with Crippen molar-refractivity contribution in [3.63, 3.8) is 0 Å². The molecular formula is C21H29N3O3. The van der Waals surface area contributed by atoms with Gasteiger partial charge in [-0.1, -0.05) is 12.1 Å². The highest BCUT2D eigenvalue weighted by molar-refractivity contribution is 6.09. The highest BCUT2D eigenvalue weighted by Gasteiger charge is 2.37. The van der Waals surface area contributed by atoms with Crippen LogP contribution in [0.5, 0.6) is 0 Å². The molecule has 0 unspecified atom stereocenters. The molecule has 1 aromatic carbocycles. The van der Waals surface area contributed by atoms with Gasteiger partial charge >= 0.3 is 0 Å². The summed E-state index contributed by atoms with van der Waals surface area (Å²) >= 11 is 0. The highest BCUT2D eigenvalue weighted by Crippen LogP contribution is 2.33. The first kappa shape index (κ1) is 18.4. The average Bonchev–Trinajstić information content (AvgIpc) is 3.05. The van der Waals surface area contributed by atoms with Gasteiger partial charge in [-0.15, -0.1) is 0 Å². The fourth-order valence-corrected chi connectivity index (χ4v) is 5.14. The number of carbonyl (C=O) groups is 2. The van der Waals surface area contributed by atoms with Crippen molar-refractivity contribution in [3.05, 3.63) is 34.9 Å². The molecule has 27 heavy (non-hydrogen) atoms. The first-order valence-corrected chi connectivity index (χ1v) is 10.2. The molecule has 0 aromatic heterocycles. The summed E-state index contributed by atoms with van der Waals surface area (Å²) in [5, 5.41) is 9.32. The van der Waals surface area contributed by atoms with Crippen LogP contribution in [0.4, 0.5) is 0 Å². The summed E-state index contributed by atoms with van der Waals surface area (Å²) in [7, 11) is 0. The fraction of sp³-hybridized carbons (Fsp3) is 0.619. The molecule has 2 heterocycles. The van der Waals surface area contributed by atoms with Crippen LogP contribution in [0.3, 0.4) is 0 Å². The summed E-state index contributed by atoms with van der Waals surface area (Å²) in [6, 6.07) is 6.24. The van der Waals surface area contributed by atoms with E-state index in [1.807, 2.05) is 11.0 Å². The number of nitrogens with zero attached hydrogens (tertiary/aromatic N) is 2. The van der Waals surface area contributed by atoms with Gasteiger partial charge in [-0.05, 0) is 56.1 Å². The Kier molecular flexibility index (Phi) is 5.19. The van der Waals surface area contributed by atoms with E-state index in [-0.39, 0.29) is 11.9 Å². The third kappa shape index (κ3) is 3.48. The van der Waals surface area contributed by atoms with Crippen molar-refractivity contribution in [2.75, 3.05) is 19.7 Å². The molecule has 3 N–H and O–H groups in total. The molecule has 0 radical (unpaired) electrons. The normalized spacial score (nSPS) is 27.0. The molecule has 0 atom stereocenters. The van der Waals surface area contributed by atoms with Gasteiger partial charge in [0.05, 0.1) is 11.1 Å². The standard InChI is InChI=1S/C21H29N3O3/c22-20(26)18-3-1-2-15-12-24(21(27)19(15)18)17-8-10-23(11-9-17)16-6-4-14(13-25)5-7-16/h1-3,14,16-17,25H,4-13H2,(H2,22,26)/t14-,16-. The van der Waals surface area contributed by atoms with Gasteiger partial charge in [-0.3, -0.25) is 9.59 Å². The number of likely N-dealkylation sites (tertiary alicyclic amines) is 1. The van der Waals surface area contributed by atoms with E-state index in [0.717, 1.165) is 44.3 Å². The zero-order chi connectivity index (χ0) is 19.0. The number of hydrogen-bond donors (Lipinski definition) is 2. The van der Waals surface area contributed by atoms with Crippen LogP contribution in [0.25, 0.3) is 0 Å². The van der Waals surface area contributed by atoms with E-state index < -0.39 is 5.91 Å². The molecule has 1 saturated carbocycles. The molecule has 3 aliphatic rings. The Labute approximate surface area is 160 Å². The lowest BCUT2D eigenvalue weighted by Gasteiger charge is -2.42. The lowest BCUT2D eigenvalue weighted by atomic mass is 9.85. The molecule has 1 aliphatic carbocycles. The Morgan fingerprint density at radius 1 is 1.07 bits per heavy atom. The lowest BCUT2D eigenvalue weighted by Crippen LogP contribution is -2.49. The molecule has 4 rings (SSSR count). The molecule has 1 aromatic rings. The van der Waals surface area contributed by atoms with Crippen LogP contribution in [0, 0.1) is 5.92 Å². The lowest BCUT2D eigenvalue weighted by molar-refractivity contribution is 0.0458. The SMILES string of the molecule is NC(=O)c1cccc2c1C(=O)N(C1CCN([C@H]3CC[C@H](CO)CC3)CC1)C2. The molecule has 0 bridgehead atoms. The number of aliphatic hydroxyl groups is 1. The van der Waals surface area contributed by atoms with Crippen molar-refractivity contribution in [1.82, 2.24) is 9.80 Å². The number of piperidine rings is 1. The molecule has 2 aliphatic heterocycles. The van der Waals surface area contributed by atoms with Gasteiger partial charge in [0.2, 0.25) is 5.91 Å². The zero-order valence-corrected chi connectivity index (χ0v) is 15.8. The summed E-state index contributed by atoms with van der Waals surface area (Å²) in [5.74, 6) is -0.0874. The van der Waals surface area contributed by atoms with Crippen molar-refractivity contribution in [3.8, 4) is 0 Å². The Balaban J connectivity index is 1.37. The average molecular weight is 371 g/mol. The number of aliphatic hydroxyl groups excluding tert-OH is 1. The van der Waals surface area contributed by atoms with Crippen LogP contribution in [-0.4, -0.2) is 58.5 Å². The predicted molar refractivity (Wildman–Crippen MR) is 102 cm³/mol. The van der Waals surface area contributed by atoms with Crippen LogP contribution in [0.15, 0.2) is 18.2 Å².